The van der Waals surface area contributed by atoms with Crippen molar-refractivity contribution in [2.75, 3.05) is 18.8 Å². The van der Waals surface area contributed by atoms with Gasteiger partial charge in [-0.2, -0.15) is 0 Å². The van der Waals surface area contributed by atoms with Gasteiger partial charge < -0.3 is 15.4 Å². The predicted molar refractivity (Wildman–Crippen MR) is 89.3 cm³/mol. The number of carbonyl (C=O) groups excluding carboxylic acids is 2. The van der Waals surface area contributed by atoms with E-state index in [1.165, 1.54) is 6.20 Å². The third-order valence-electron chi connectivity index (χ3n) is 4.41. The Bertz CT molecular complexity index is 653. The fourth-order valence-corrected chi connectivity index (χ4v) is 3.34. The molecule has 2 atom stereocenters. The lowest BCUT2D eigenvalue weighted by Gasteiger charge is -2.40. The van der Waals surface area contributed by atoms with Crippen LogP contribution in [0.25, 0.3) is 0 Å². The lowest BCUT2D eigenvalue weighted by atomic mass is 9.96. The second-order valence-electron chi connectivity index (χ2n) is 7.62. The summed E-state index contributed by atoms with van der Waals surface area (Å²) in [5, 5.41) is 3.37. The highest BCUT2D eigenvalue weighted by Crippen LogP contribution is 2.32. The number of pyridine rings is 1. The minimum Gasteiger partial charge on any atom is -0.459 e. The molecule has 0 aromatic carbocycles. The monoisotopic (exact) mass is 332 g/mol. The van der Waals surface area contributed by atoms with Crippen LogP contribution in [0.5, 0.6) is 0 Å². The van der Waals surface area contributed by atoms with Crippen molar-refractivity contribution in [2.24, 2.45) is 0 Å². The molecule has 0 aliphatic carbocycles. The number of rotatable bonds is 2. The Morgan fingerprint density at radius 3 is 2.79 bits per heavy atom. The van der Waals surface area contributed by atoms with E-state index in [0.717, 1.165) is 6.42 Å². The standard InChI is InChI=1S/C17H24N4O3/c1-16(2,3)24-15(23)17-7-6-12(20-17)9-21(10-17)14(22)11-4-5-13(18)19-8-11/h4-5,8,12,20H,6-7,9-10H2,1-3H3,(H2,18,19). The van der Waals surface area contributed by atoms with E-state index in [9.17, 15) is 9.59 Å². The second-order valence-corrected chi connectivity index (χ2v) is 7.62. The zero-order valence-electron chi connectivity index (χ0n) is 14.3. The second kappa shape index (κ2) is 5.73. The molecule has 2 bridgehead atoms. The van der Waals surface area contributed by atoms with Gasteiger partial charge in [-0.3, -0.25) is 10.1 Å². The molecule has 1 amide bonds. The number of nitrogens with one attached hydrogen (secondary N) is 1. The highest BCUT2D eigenvalue weighted by molar-refractivity contribution is 5.95. The summed E-state index contributed by atoms with van der Waals surface area (Å²) in [5.74, 6) is -0.0496. The first-order valence-electron chi connectivity index (χ1n) is 8.20. The Hall–Kier alpha value is -2.15. The fourth-order valence-electron chi connectivity index (χ4n) is 3.34. The Balaban J connectivity index is 1.79. The molecule has 2 saturated heterocycles. The first-order valence-corrected chi connectivity index (χ1v) is 8.20. The molecule has 2 aliphatic rings. The van der Waals surface area contributed by atoms with Gasteiger partial charge >= 0.3 is 5.97 Å². The maximum Gasteiger partial charge on any atom is 0.328 e. The minimum atomic E-state index is -0.812. The molecule has 0 radical (unpaired) electrons. The lowest BCUT2D eigenvalue weighted by Crippen LogP contribution is -2.65. The summed E-state index contributed by atoms with van der Waals surface area (Å²) in [6, 6.07) is 3.37. The van der Waals surface area contributed by atoms with Gasteiger partial charge in [0, 0.05) is 18.8 Å². The number of carbonyl (C=O) groups is 2. The van der Waals surface area contributed by atoms with Crippen LogP contribution < -0.4 is 11.1 Å². The van der Waals surface area contributed by atoms with Crippen molar-refractivity contribution < 1.29 is 14.3 Å². The fraction of sp³-hybridized carbons (Fsp3) is 0.588. The van der Waals surface area contributed by atoms with Gasteiger partial charge in [0.2, 0.25) is 0 Å². The molecular weight excluding hydrogens is 308 g/mol. The van der Waals surface area contributed by atoms with Gasteiger partial charge in [0.1, 0.15) is 17.0 Å². The number of nitrogens with two attached hydrogens (primary N) is 1. The molecule has 3 heterocycles. The highest BCUT2D eigenvalue weighted by Gasteiger charge is 2.52. The number of anilines is 1. The summed E-state index contributed by atoms with van der Waals surface area (Å²) in [5.41, 5.74) is 4.68. The van der Waals surface area contributed by atoms with E-state index in [2.05, 4.69) is 10.3 Å². The molecule has 2 unspecified atom stereocenters. The SMILES string of the molecule is CC(C)(C)OC(=O)C12CCC(CN(C(=O)c3ccc(N)nc3)C1)N2. The number of fused-ring (bicyclic) bond motifs is 2. The van der Waals surface area contributed by atoms with Crippen LogP contribution in [0.15, 0.2) is 18.3 Å². The van der Waals surface area contributed by atoms with Gasteiger partial charge in [0.05, 0.1) is 12.1 Å². The number of esters is 1. The first-order chi connectivity index (χ1) is 11.2. The third kappa shape index (κ3) is 3.21. The number of hydrogen-bond donors (Lipinski definition) is 2. The van der Waals surface area contributed by atoms with E-state index in [1.54, 1.807) is 17.0 Å². The Labute approximate surface area is 141 Å². The van der Waals surface area contributed by atoms with Crippen molar-refractivity contribution >= 4 is 17.7 Å². The maximum atomic E-state index is 12.7. The highest BCUT2D eigenvalue weighted by atomic mass is 16.6. The summed E-state index contributed by atoms with van der Waals surface area (Å²) in [6.07, 6.45) is 3.00. The van der Waals surface area contributed by atoms with Gasteiger partial charge in [-0.05, 0) is 45.7 Å². The molecule has 2 aliphatic heterocycles. The van der Waals surface area contributed by atoms with Crippen molar-refractivity contribution in [3.8, 4) is 0 Å². The van der Waals surface area contributed by atoms with Crippen LogP contribution in [0.2, 0.25) is 0 Å². The molecule has 130 valence electrons. The average Bonchev–Trinajstić information content (AvgIpc) is 2.81. The lowest BCUT2D eigenvalue weighted by molar-refractivity contribution is -0.164. The Morgan fingerprint density at radius 2 is 2.17 bits per heavy atom. The van der Waals surface area contributed by atoms with Crippen LogP contribution in [0, 0.1) is 0 Å². The summed E-state index contributed by atoms with van der Waals surface area (Å²) in [4.78, 5) is 31.1. The van der Waals surface area contributed by atoms with E-state index >= 15 is 0 Å². The molecule has 24 heavy (non-hydrogen) atoms. The summed E-state index contributed by atoms with van der Waals surface area (Å²) in [7, 11) is 0. The van der Waals surface area contributed by atoms with Crippen LogP contribution >= 0.6 is 0 Å². The smallest absolute Gasteiger partial charge is 0.328 e. The van der Waals surface area contributed by atoms with Crippen LogP contribution in [-0.4, -0.2) is 52.0 Å². The van der Waals surface area contributed by atoms with Crippen molar-refractivity contribution in [3.05, 3.63) is 23.9 Å². The summed E-state index contributed by atoms with van der Waals surface area (Å²) >= 11 is 0. The van der Waals surface area contributed by atoms with Crippen molar-refractivity contribution in [3.63, 3.8) is 0 Å². The first kappa shape index (κ1) is 16.7. The van der Waals surface area contributed by atoms with E-state index in [0.29, 0.717) is 30.9 Å². The van der Waals surface area contributed by atoms with E-state index < -0.39 is 11.1 Å². The van der Waals surface area contributed by atoms with Crippen molar-refractivity contribution in [2.45, 2.75) is 50.8 Å². The minimum absolute atomic E-state index is 0.108. The number of nitrogens with zero attached hydrogens (tertiary/aromatic N) is 2. The number of likely N-dealkylation sites (tertiary alicyclic amines) is 1. The van der Waals surface area contributed by atoms with Crippen LogP contribution in [-0.2, 0) is 9.53 Å². The average molecular weight is 332 g/mol. The number of amides is 1. The number of ether oxygens (including phenoxy) is 1. The van der Waals surface area contributed by atoms with Crippen LogP contribution in [0.4, 0.5) is 5.82 Å². The van der Waals surface area contributed by atoms with Gasteiger partial charge in [0.25, 0.3) is 5.91 Å². The van der Waals surface area contributed by atoms with Gasteiger partial charge in [-0.1, -0.05) is 0 Å². The number of aromatic nitrogens is 1. The molecule has 2 fully saturated rings. The molecule has 3 N–H and O–H groups in total. The quantitative estimate of drug-likeness (QED) is 0.783. The van der Waals surface area contributed by atoms with Crippen LogP contribution in [0.1, 0.15) is 44.0 Å². The maximum absolute atomic E-state index is 12.7. The molecule has 1 aromatic heterocycles. The van der Waals surface area contributed by atoms with Gasteiger partial charge in [0.15, 0.2) is 0 Å². The molecular formula is C17H24N4O3. The third-order valence-corrected chi connectivity index (χ3v) is 4.41. The van der Waals surface area contributed by atoms with Crippen molar-refractivity contribution in [1.29, 1.82) is 0 Å². The molecule has 7 nitrogen and oxygen atoms in total. The largest absolute Gasteiger partial charge is 0.459 e. The van der Waals surface area contributed by atoms with E-state index in [4.69, 9.17) is 10.5 Å². The van der Waals surface area contributed by atoms with Crippen molar-refractivity contribution in [1.82, 2.24) is 15.2 Å². The van der Waals surface area contributed by atoms with Gasteiger partial charge in [-0.25, -0.2) is 9.78 Å². The normalized spacial score (nSPS) is 26.3. The Kier molecular flexibility index (Phi) is 3.99. The number of piperazine rings is 1. The molecule has 0 saturated carbocycles. The zero-order chi connectivity index (χ0) is 17.5. The topological polar surface area (TPSA) is 97.5 Å². The number of nitrogen functional groups attached to an aromatic ring is 1. The van der Waals surface area contributed by atoms with E-state index in [-0.39, 0.29) is 17.9 Å². The molecule has 3 rings (SSSR count). The Morgan fingerprint density at radius 1 is 1.42 bits per heavy atom. The van der Waals surface area contributed by atoms with Crippen LogP contribution in [0.3, 0.4) is 0 Å². The molecule has 1 aromatic rings. The zero-order valence-corrected chi connectivity index (χ0v) is 14.3. The van der Waals surface area contributed by atoms with Gasteiger partial charge in [-0.15, -0.1) is 0 Å². The molecule has 7 heteroatoms. The summed E-state index contributed by atoms with van der Waals surface area (Å²) in [6.45, 7) is 6.43. The van der Waals surface area contributed by atoms with E-state index in [1.807, 2.05) is 20.8 Å². The molecule has 0 spiro atoms. The summed E-state index contributed by atoms with van der Waals surface area (Å²) < 4.78 is 5.58. The number of hydrogen-bond acceptors (Lipinski definition) is 6. The predicted octanol–water partition coefficient (Wildman–Crippen LogP) is 0.952.